The van der Waals surface area contributed by atoms with E-state index in [1.54, 1.807) is 11.8 Å². The lowest BCUT2D eigenvalue weighted by molar-refractivity contribution is 0.0948. The van der Waals surface area contributed by atoms with Crippen LogP contribution in [0.1, 0.15) is 21.6 Å². The van der Waals surface area contributed by atoms with Crippen LogP contribution >= 0.6 is 11.8 Å². The molecule has 0 aliphatic rings. The predicted molar refractivity (Wildman–Crippen MR) is 123 cm³/mol. The zero-order chi connectivity index (χ0) is 20.9. The van der Waals surface area contributed by atoms with Crippen molar-refractivity contribution in [3.63, 3.8) is 0 Å². The van der Waals surface area contributed by atoms with Gasteiger partial charge < -0.3 is 14.6 Å². The van der Waals surface area contributed by atoms with Gasteiger partial charge in [0.1, 0.15) is 5.65 Å². The van der Waals surface area contributed by atoms with E-state index in [4.69, 9.17) is 0 Å². The number of imidazole rings is 1. The summed E-state index contributed by atoms with van der Waals surface area (Å²) in [6.45, 7) is 0.492. The molecule has 4 aromatic rings. The van der Waals surface area contributed by atoms with Gasteiger partial charge >= 0.3 is 0 Å². The molecule has 5 nitrogen and oxygen atoms in total. The Hall–Kier alpha value is -3.25. The molecule has 0 saturated heterocycles. The Morgan fingerprint density at radius 3 is 2.73 bits per heavy atom. The van der Waals surface area contributed by atoms with Crippen LogP contribution in [0, 0.1) is 0 Å². The molecule has 0 bridgehead atoms. The van der Waals surface area contributed by atoms with Gasteiger partial charge in [0.2, 0.25) is 0 Å². The van der Waals surface area contributed by atoms with Crippen LogP contribution in [0.3, 0.4) is 0 Å². The van der Waals surface area contributed by atoms with E-state index in [-0.39, 0.29) is 5.91 Å². The summed E-state index contributed by atoms with van der Waals surface area (Å²) in [7, 11) is 4.02. The van der Waals surface area contributed by atoms with E-state index < -0.39 is 0 Å². The number of hydrogen-bond acceptors (Lipinski definition) is 4. The molecule has 0 fully saturated rings. The number of thioether (sulfide) groups is 1. The Kier molecular flexibility index (Phi) is 6.05. The van der Waals surface area contributed by atoms with Gasteiger partial charge in [-0.2, -0.15) is 0 Å². The van der Waals surface area contributed by atoms with Gasteiger partial charge in [0.15, 0.2) is 0 Å². The van der Waals surface area contributed by atoms with Crippen LogP contribution in [0.15, 0.2) is 84.0 Å². The minimum absolute atomic E-state index is 0.0663. The molecular formula is C24H24N4OS. The minimum atomic E-state index is -0.0663. The summed E-state index contributed by atoms with van der Waals surface area (Å²) in [5.74, 6) is 0.639. The first kappa shape index (κ1) is 20.0. The smallest absolute Gasteiger partial charge is 0.252 e. The molecule has 2 aromatic heterocycles. The van der Waals surface area contributed by atoms with Crippen molar-refractivity contribution in [3.8, 4) is 0 Å². The lowest BCUT2D eigenvalue weighted by Gasteiger charge is -2.14. The number of rotatable bonds is 7. The standard InChI is InChI=1S/C24H24N4OS/c1-27(2)20-9-7-8-18(14-20)15-25-24(29)21-10-3-4-11-22(21)30-17-19-16-28-13-6-5-12-23(28)26-19/h3-14,16H,15,17H2,1-2H3,(H,25,29). The van der Waals surface area contributed by atoms with Crippen molar-refractivity contribution in [2.75, 3.05) is 19.0 Å². The van der Waals surface area contributed by atoms with Gasteiger partial charge in [0.25, 0.3) is 5.91 Å². The Morgan fingerprint density at radius 1 is 1.07 bits per heavy atom. The maximum atomic E-state index is 12.9. The molecule has 4 rings (SSSR count). The third-order valence-corrected chi connectivity index (χ3v) is 5.91. The van der Waals surface area contributed by atoms with Crippen molar-refractivity contribution in [2.45, 2.75) is 17.2 Å². The third-order valence-electron chi connectivity index (χ3n) is 4.80. The first-order valence-corrected chi connectivity index (χ1v) is 10.8. The second kappa shape index (κ2) is 9.05. The number of fused-ring (bicyclic) bond motifs is 1. The fourth-order valence-electron chi connectivity index (χ4n) is 3.21. The van der Waals surface area contributed by atoms with E-state index in [1.165, 1.54) is 0 Å². The zero-order valence-corrected chi connectivity index (χ0v) is 17.9. The van der Waals surface area contributed by atoms with Crippen molar-refractivity contribution >= 4 is 29.0 Å². The summed E-state index contributed by atoms with van der Waals surface area (Å²) >= 11 is 1.63. The van der Waals surface area contributed by atoms with Crippen LogP contribution in [0.5, 0.6) is 0 Å². The molecule has 0 aliphatic heterocycles. The van der Waals surface area contributed by atoms with E-state index >= 15 is 0 Å². The molecule has 1 N–H and O–H groups in total. The summed E-state index contributed by atoms with van der Waals surface area (Å²) in [6, 6.07) is 21.8. The highest BCUT2D eigenvalue weighted by Crippen LogP contribution is 2.26. The number of nitrogens with zero attached hydrogens (tertiary/aromatic N) is 3. The number of benzene rings is 2. The maximum Gasteiger partial charge on any atom is 0.252 e. The van der Waals surface area contributed by atoms with E-state index in [1.807, 2.05) is 85.5 Å². The lowest BCUT2D eigenvalue weighted by Crippen LogP contribution is -2.23. The number of hydrogen-bond donors (Lipinski definition) is 1. The van der Waals surface area contributed by atoms with Crippen molar-refractivity contribution in [3.05, 3.63) is 95.9 Å². The van der Waals surface area contributed by atoms with E-state index in [2.05, 4.69) is 27.3 Å². The SMILES string of the molecule is CN(C)c1cccc(CNC(=O)c2ccccc2SCc2cn3ccccc3n2)c1. The molecule has 0 atom stereocenters. The van der Waals surface area contributed by atoms with Gasteiger partial charge in [-0.05, 0) is 42.0 Å². The first-order chi connectivity index (χ1) is 14.6. The van der Waals surface area contributed by atoms with Crippen LogP contribution in [0.2, 0.25) is 0 Å². The fourth-order valence-corrected chi connectivity index (χ4v) is 4.14. The summed E-state index contributed by atoms with van der Waals surface area (Å²) < 4.78 is 2.01. The minimum Gasteiger partial charge on any atom is -0.378 e. The van der Waals surface area contributed by atoms with Crippen LogP contribution in [-0.4, -0.2) is 29.4 Å². The summed E-state index contributed by atoms with van der Waals surface area (Å²) in [6.07, 6.45) is 4.02. The highest BCUT2D eigenvalue weighted by Gasteiger charge is 2.12. The summed E-state index contributed by atoms with van der Waals surface area (Å²) in [5, 5.41) is 3.05. The predicted octanol–water partition coefficient (Wildman–Crippen LogP) is 4.62. The van der Waals surface area contributed by atoms with Crippen molar-refractivity contribution in [2.24, 2.45) is 0 Å². The molecular weight excluding hydrogens is 392 g/mol. The fraction of sp³-hybridized carbons (Fsp3) is 0.167. The number of carbonyl (C=O) groups is 1. The zero-order valence-electron chi connectivity index (χ0n) is 17.1. The van der Waals surface area contributed by atoms with Crippen molar-refractivity contribution in [1.29, 1.82) is 0 Å². The van der Waals surface area contributed by atoms with Crippen LogP contribution in [0.25, 0.3) is 5.65 Å². The quantitative estimate of drug-likeness (QED) is 0.447. The number of carbonyl (C=O) groups excluding carboxylic acids is 1. The van der Waals surface area contributed by atoms with E-state index in [0.717, 1.165) is 27.5 Å². The third kappa shape index (κ3) is 4.66. The van der Waals surface area contributed by atoms with Crippen LogP contribution in [-0.2, 0) is 12.3 Å². The molecule has 0 radical (unpaired) electrons. The monoisotopic (exact) mass is 416 g/mol. The molecule has 0 spiro atoms. The van der Waals surface area contributed by atoms with Gasteiger partial charge in [-0.15, -0.1) is 11.8 Å². The van der Waals surface area contributed by atoms with Gasteiger partial charge in [0, 0.05) is 49.4 Å². The Morgan fingerprint density at radius 2 is 1.90 bits per heavy atom. The van der Waals surface area contributed by atoms with Crippen LogP contribution in [0.4, 0.5) is 5.69 Å². The normalized spacial score (nSPS) is 10.9. The highest BCUT2D eigenvalue weighted by atomic mass is 32.2. The lowest BCUT2D eigenvalue weighted by atomic mass is 10.1. The molecule has 1 amide bonds. The van der Waals surface area contributed by atoms with Gasteiger partial charge in [-0.25, -0.2) is 4.98 Å². The average Bonchev–Trinajstić information content (AvgIpc) is 3.19. The maximum absolute atomic E-state index is 12.9. The Balaban J connectivity index is 1.43. The Bertz CT molecular complexity index is 1140. The average molecular weight is 417 g/mol. The molecule has 0 aliphatic carbocycles. The summed E-state index contributed by atoms with van der Waals surface area (Å²) in [4.78, 5) is 20.5. The highest BCUT2D eigenvalue weighted by molar-refractivity contribution is 7.98. The molecule has 30 heavy (non-hydrogen) atoms. The second-order valence-corrected chi connectivity index (χ2v) is 8.25. The number of pyridine rings is 1. The van der Waals surface area contributed by atoms with E-state index in [0.29, 0.717) is 17.9 Å². The number of anilines is 1. The topological polar surface area (TPSA) is 49.6 Å². The number of amides is 1. The molecule has 152 valence electrons. The molecule has 6 heteroatoms. The van der Waals surface area contributed by atoms with Crippen molar-refractivity contribution in [1.82, 2.24) is 14.7 Å². The molecule has 0 unspecified atom stereocenters. The molecule has 2 heterocycles. The number of nitrogens with one attached hydrogen (secondary N) is 1. The van der Waals surface area contributed by atoms with Gasteiger partial charge in [0.05, 0.1) is 11.3 Å². The van der Waals surface area contributed by atoms with Gasteiger partial charge in [-0.1, -0.05) is 30.3 Å². The van der Waals surface area contributed by atoms with E-state index in [9.17, 15) is 4.79 Å². The second-order valence-electron chi connectivity index (χ2n) is 7.23. The molecule has 0 saturated carbocycles. The Labute approximate surface area is 180 Å². The largest absolute Gasteiger partial charge is 0.378 e. The van der Waals surface area contributed by atoms with Crippen LogP contribution < -0.4 is 10.2 Å². The van der Waals surface area contributed by atoms with Crippen molar-refractivity contribution < 1.29 is 4.79 Å². The molecule has 2 aromatic carbocycles. The first-order valence-electron chi connectivity index (χ1n) is 9.79. The summed E-state index contributed by atoms with van der Waals surface area (Å²) in [5.41, 5.74) is 4.80. The number of aromatic nitrogens is 2. The van der Waals surface area contributed by atoms with Gasteiger partial charge in [-0.3, -0.25) is 4.79 Å².